The van der Waals surface area contributed by atoms with E-state index in [0.717, 1.165) is 11.1 Å². The van der Waals surface area contributed by atoms with Gasteiger partial charge in [-0.05, 0) is 35.4 Å². The van der Waals surface area contributed by atoms with Crippen LogP contribution in [0, 0.1) is 5.82 Å². The predicted molar refractivity (Wildman–Crippen MR) is 114 cm³/mol. The van der Waals surface area contributed by atoms with Crippen LogP contribution in [0.15, 0.2) is 35.3 Å². The minimum absolute atomic E-state index is 0.255. The fraction of sp³-hybridized carbons (Fsp3) is 0.381. The van der Waals surface area contributed by atoms with Crippen molar-refractivity contribution in [2.24, 2.45) is 4.99 Å². The molecule has 0 saturated heterocycles. The average Bonchev–Trinajstić information content (AvgIpc) is 2.72. The maximum absolute atomic E-state index is 14.1. The maximum Gasteiger partial charge on any atom is 0.203 e. The first-order valence-electron chi connectivity index (χ1n) is 9.12. The molecule has 0 bridgehead atoms. The molecule has 8 heteroatoms. The van der Waals surface area contributed by atoms with Crippen molar-refractivity contribution in [3.05, 3.63) is 47.3 Å². The topological polar surface area (TPSA) is 67.4 Å². The second kappa shape index (κ2) is 10.4. The van der Waals surface area contributed by atoms with Gasteiger partial charge in [0, 0.05) is 34.2 Å². The quantitative estimate of drug-likeness (QED) is 0.521. The summed E-state index contributed by atoms with van der Waals surface area (Å²) in [6, 6.07) is 8.92. The summed E-state index contributed by atoms with van der Waals surface area (Å²) in [5.41, 5.74) is 2.31. The van der Waals surface area contributed by atoms with Crippen LogP contribution in [0.1, 0.15) is 11.1 Å². The Kier molecular flexibility index (Phi) is 7.94. The van der Waals surface area contributed by atoms with Crippen molar-refractivity contribution < 1.29 is 18.6 Å². The predicted octanol–water partition coefficient (Wildman–Crippen LogP) is 2.78. The highest BCUT2D eigenvalue weighted by Gasteiger charge is 2.13. The van der Waals surface area contributed by atoms with Crippen molar-refractivity contribution in [1.82, 2.24) is 10.6 Å². The van der Waals surface area contributed by atoms with Crippen molar-refractivity contribution in [3.8, 4) is 17.2 Å². The van der Waals surface area contributed by atoms with Crippen LogP contribution in [0.25, 0.3) is 0 Å². The second-order valence-corrected chi connectivity index (χ2v) is 6.49. The van der Waals surface area contributed by atoms with Gasteiger partial charge in [0.15, 0.2) is 17.5 Å². The first kappa shape index (κ1) is 22.1. The molecule has 2 rings (SSSR count). The van der Waals surface area contributed by atoms with Gasteiger partial charge in [0.1, 0.15) is 5.82 Å². The molecule has 0 aromatic heterocycles. The van der Waals surface area contributed by atoms with E-state index in [1.54, 1.807) is 39.3 Å². The summed E-state index contributed by atoms with van der Waals surface area (Å²) in [7, 11) is 10.0. The van der Waals surface area contributed by atoms with E-state index in [-0.39, 0.29) is 5.82 Å². The minimum Gasteiger partial charge on any atom is -0.493 e. The minimum atomic E-state index is -0.255. The lowest BCUT2D eigenvalue weighted by molar-refractivity contribution is 0.323. The molecule has 0 radical (unpaired) electrons. The average molecular weight is 404 g/mol. The van der Waals surface area contributed by atoms with Crippen LogP contribution in [0.3, 0.4) is 0 Å². The van der Waals surface area contributed by atoms with E-state index in [1.807, 2.05) is 32.3 Å². The number of hydrogen-bond donors (Lipinski definition) is 2. The summed E-state index contributed by atoms with van der Waals surface area (Å²) >= 11 is 0. The van der Waals surface area contributed by atoms with Gasteiger partial charge in [-0.15, -0.1) is 0 Å². The van der Waals surface area contributed by atoms with E-state index < -0.39 is 0 Å². The van der Waals surface area contributed by atoms with Crippen LogP contribution >= 0.6 is 0 Å². The molecule has 0 amide bonds. The van der Waals surface area contributed by atoms with Crippen LogP contribution < -0.4 is 29.7 Å². The Morgan fingerprint density at radius 3 is 1.97 bits per heavy atom. The summed E-state index contributed by atoms with van der Waals surface area (Å²) in [6.07, 6.45) is 0. The highest BCUT2D eigenvalue weighted by Crippen LogP contribution is 2.38. The van der Waals surface area contributed by atoms with Crippen molar-refractivity contribution in [3.63, 3.8) is 0 Å². The van der Waals surface area contributed by atoms with Crippen molar-refractivity contribution in [2.75, 3.05) is 47.4 Å². The summed E-state index contributed by atoms with van der Waals surface area (Å²) in [4.78, 5) is 5.95. The number of nitrogens with zero attached hydrogens (tertiary/aromatic N) is 2. The fourth-order valence-corrected chi connectivity index (χ4v) is 2.85. The van der Waals surface area contributed by atoms with E-state index in [2.05, 4.69) is 15.6 Å². The fourth-order valence-electron chi connectivity index (χ4n) is 2.85. The molecule has 0 fully saturated rings. The summed E-state index contributed by atoms with van der Waals surface area (Å²) in [5.74, 6) is 2.06. The van der Waals surface area contributed by atoms with Crippen LogP contribution in [-0.4, -0.2) is 48.4 Å². The SMILES string of the molecule is CN=C(NCc1ccc(N(C)C)c(F)c1)NCc1cc(OC)c(OC)c(OC)c1. The highest BCUT2D eigenvalue weighted by molar-refractivity contribution is 5.79. The van der Waals surface area contributed by atoms with Gasteiger partial charge in [-0.25, -0.2) is 4.39 Å². The third kappa shape index (κ3) is 5.66. The monoisotopic (exact) mass is 404 g/mol. The number of rotatable bonds is 8. The van der Waals surface area contributed by atoms with E-state index in [0.29, 0.717) is 42.0 Å². The van der Waals surface area contributed by atoms with Crippen molar-refractivity contribution in [1.29, 1.82) is 0 Å². The molecule has 0 aliphatic carbocycles. The first-order valence-corrected chi connectivity index (χ1v) is 9.12. The Morgan fingerprint density at radius 2 is 1.52 bits per heavy atom. The highest BCUT2D eigenvalue weighted by atomic mass is 19.1. The molecule has 2 N–H and O–H groups in total. The number of ether oxygens (including phenoxy) is 3. The Morgan fingerprint density at radius 1 is 0.931 bits per heavy atom. The number of aliphatic imine (C=N–C) groups is 1. The lowest BCUT2D eigenvalue weighted by Gasteiger charge is -2.17. The zero-order chi connectivity index (χ0) is 21.4. The van der Waals surface area contributed by atoms with Gasteiger partial charge in [0.05, 0.1) is 27.0 Å². The molecule has 0 saturated carbocycles. The molecule has 0 aliphatic heterocycles. The van der Waals surface area contributed by atoms with Crippen LogP contribution in [0.2, 0.25) is 0 Å². The third-order valence-corrected chi connectivity index (χ3v) is 4.36. The maximum atomic E-state index is 14.1. The van der Waals surface area contributed by atoms with Gasteiger partial charge >= 0.3 is 0 Å². The molecule has 0 aliphatic rings. The smallest absolute Gasteiger partial charge is 0.203 e. The van der Waals surface area contributed by atoms with Gasteiger partial charge in [-0.2, -0.15) is 0 Å². The summed E-state index contributed by atoms with van der Waals surface area (Å²) in [5, 5.41) is 6.41. The number of guanidine groups is 1. The van der Waals surface area contributed by atoms with Gasteiger partial charge in [-0.1, -0.05) is 6.07 Å². The van der Waals surface area contributed by atoms with Gasteiger partial charge in [-0.3, -0.25) is 4.99 Å². The first-order chi connectivity index (χ1) is 13.9. The van der Waals surface area contributed by atoms with Crippen LogP contribution in [-0.2, 0) is 13.1 Å². The molecule has 2 aromatic carbocycles. The van der Waals surface area contributed by atoms with E-state index >= 15 is 0 Å². The summed E-state index contributed by atoms with van der Waals surface area (Å²) in [6.45, 7) is 0.934. The normalized spacial score (nSPS) is 11.1. The third-order valence-electron chi connectivity index (χ3n) is 4.36. The number of benzene rings is 2. The largest absolute Gasteiger partial charge is 0.493 e. The molecule has 7 nitrogen and oxygen atoms in total. The molecular formula is C21H29FN4O3. The summed E-state index contributed by atoms with van der Waals surface area (Å²) < 4.78 is 30.2. The van der Waals surface area contributed by atoms with Crippen molar-refractivity contribution >= 4 is 11.6 Å². The molecule has 29 heavy (non-hydrogen) atoms. The molecule has 0 unspecified atom stereocenters. The van der Waals surface area contributed by atoms with Crippen LogP contribution in [0.5, 0.6) is 17.2 Å². The molecule has 2 aromatic rings. The number of hydrogen-bond acceptors (Lipinski definition) is 5. The standard InChI is InChI=1S/C21H29FN4O3/c1-23-21(24-12-14-7-8-17(26(2)3)16(22)9-14)25-13-15-10-18(27-4)20(29-6)19(11-15)28-5/h7-11H,12-13H2,1-6H3,(H2,23,24,25). The Balaban J connectivity index is 2.02. The number of nitrogens with one attached hydrogen (secondary N) is 2. The van der Waals surface area contributed by atoms with E-state index in [9.17, 15) is 4.39 Å². The van der Waals surface area contributed by atoms with Crippen molar-refractivity contribution in [2.45, 2.75) is 13.1 Å². The van der Waals surface area contributed by atoms with Gasteiger partial charge < -0.3 is 29.7 Å². The lowest BCUT2D eigenvalue weighted by Crippen LogP contribution is -2.36. The Hall–Kier alpha value is -3.16. The number of anilines is 1. The molecule has 0 heterocycles. The second-order valence-electron chi connectivity index (χ2n) is 6.49. The van der Waals surface area contributed by atoms with E-state index in [4.69, 9.17) is 14.2 Å². The Labute approximate surface area is 171 Å². The zero-order valence-electron chi connectivity index (χ0n) is 17.8. The zero-order valence-corrected chi connectivity index (χ0v) is 17.8. The lowest BCUT2D eigenvalue weighted by atomic mass is 10.1. The molecular weight excluding hydrogens is 375 g/mol. The molecule has 158 valence electrons. The van der Waals surface area contributed by atoms with Crippen LogP contribution in [0.4, 0.5) is 10.1 Å². The number of methoxy groups -OCH3 is 3. The molecule has 0 atom stereocenters. The van der Waals surface area contributed by atoms with Gasteiger partial charge in [0.2, 0.25) is 5.75 Å². The van der Waals surface area contributed by atoms with Gasteiger partial charge in [0.25, 0.3) is 0 Å². The molecule has 0 spiro atoms. The van der Waals surface area contributed by atoms with E-state index in [1.165, 1.54) is 6.07 Å². The number of halogens is 1. The Bertz CT molecular complexity index is 831.